The number of aliphatic hydroxyl groups is 1. The molecule has 0 spiro atoms. The zero-order valence-corrected chi connectivity index (χ0v) is 12.9. The molecule has 0 saturated carbocycles. The molecule has 1 N–H and O–H groups in total. The molecule has 19 heavy (non-hydrogen) atoms. The van der Waals surface area contributed by atoms with E-state index in [2.05, 4.69) is 15.9 Å². The zero-order chi connectivity index (χ0) is 14.2. The lowest BCUT2D eigenvalue weighted by atomic mass is 9.97. The van der Waals surface area contributed by atoms with E-state index in [1.807, 2.05) is 0 Å². The minimum absolute atomic E-state index is 0.232. The lowest BCUT2D eigenvalue weighted by molar-refractivity contribution is 0.220. The van der Waals surface area contributed by atoms with Gasteiger partial charge < -0.3 is 5.11 Å². The smallest absolute Gasteiger partial charge is 0.129 e. The van der Waals surface area contributed by atoms with Crippen LogP contribution in [0.1, 0.15) is 28.4 Å². The third kappa shape index (κ3) is 2.99. The van der Waals surface area contributed by atoms with Gasteiger partial charge in [-0.25, -0.2) is 4.39 Å². The highest BCUT2D eigenvalue weighted by Gasteiger charge is 2.14. The third-order valence-electron chi connectivity index (χ3n) is 3.03. The van der Waals surface area contributed by atoms with Gasteiger partial charge in [-0.15, -0.1) is 0 Å². The SMILES string of the molecule is Cc1cc(C(O)c2ccc(Br)c(Cl)c2)cc(C)c1F. The molecule has 0 aliphatic carbocycles. The summed E-state index contributed by atoms with van der Waals surface area (Å²) >= 11 is 9.32. The molecule has 1 unspecified atom stereocenters. The van der Waals surface area contributed by atoms with Crippen molar-refractivity contribution in [2.24, 2.45) is 0 Å². The molecule has 0 radical (unpaired) electrons. The van der Waals surface area contributed by atoms with Crippen molar-refractivity contribution in [1.29, 1.82) is 0 Å². The highest BCUT2D eigenvalue weighted by molar-refractivity contribution is 9.10. The molecule has 2 rings (SSSR count). The van der Waals surface area contributed by atoms with Gasteiger partial charge in [0.15, 0.2) is 0 Å². The average Bonchev–Trinajstić information content (AvgIpc) is 2.37. The van der Waals surface area contributed by atoms with Crippen LogP contribution in [0, 0.1) is 19.7 Å². The second kappa shape index (κ2) is 5.61. The van der Waals surface area contributed by atoms with Crippen molar-refractivity contribution < 1.29 is 9.50 Å². The summed E-state index contributed by atoms with van der Waals surface area (Å²) in [5.74, 6) is -0.232. The first-order valence-corrected chi connectivity index (χ1v) is 6.97. The molecule has 0 amide bonds. The Kier molecular flexibility index (Phi) is 4.29. The van der Waals surface area contributed by atoms with Gasteiger partial charge in [-0.1, -0.05) is 29.8 Å². The maximum absolute atomic E-state index is 13.6. The Morgan fingerprint density at radius 1 is 1.11 bits per heavy atom. The quantitative estimate of drug-likeness (QED) is 0.819. The fourth-order valence-corrected chi connectivity index (χ4v) is 2.45. The first-order valence-electron chi connectivity index (χ1n) is 5.80. The average molecular weight is 344 g/mol. The van der Waals surface area contributed by atoms with Crippen molar-refractivity contribution in [1.82, 2.24) is 0 Å². The van der Waals surface area contributed by atoms with Gasteiger partial charge in [0.1, 0.15) is 11.9 Å². The maximum Gasteiger partial charge on any atom is 0.129 e. The Labute approximate surface area is 125 Å². The predicted molar refractivity (Wildman–Crippen MR) is 79.1 cm³/mol. The summed E-state index contributed by atoms with van der Waals surface area (Å²) in [6, 6.07) is 8.58. The molecular weight excluding hydrogens is 331 g/mol. The first kappa shape index (κ1) is 14.5. The summed E-state index contributed by atoms with van der Waals surface area (Å²) in [6.45, 7) is 3.38. The molecule has 0 aromatic heterocycles. The van der Waals surface area contributed by atoms with E-state index in [1.165, 1.54) is 0 Å². The third-order valence-corrected chi connectivity index (χ3v) is 4.27. The molecule has 0 aliphatic rings. The van der Waals surface area contributed by atoms with Gasteiger partial charge in [0.05, 0.1) is 5.02 Å². The summed E-state index contributed by atoms with van der Waals surface area (Å²) in [5.41, 5.74) is 2.39. The second-order valence-corrected chi connectivity index (χ2v) is 5.81. The van der Waals surface area contributed by atoms with Crippen molar-refractivity contribution >= 4 is 27.5 Å². The Balaban J connectivity index is 2.43. The molecule has 4 heteroatoms. The van der Waals surface area contributed by atoms with Crippen molar-refractivity contribution in [3.05, 3.63) is 67.9 Å². The van der Waals surface area contributed by atoms with E-state index < -0.39 is 6.10 Å². The highest BCUT2D eigenvalue weighted by Crippen LogP contribution is 2.30. The molecule has 1 nitrogen and oxygen atoms in total. The summed E-state index contributed by atoms with van der Waals surface area (Å²) in [6.07, 6.45) is -0.816. The lowest BCUT2D eigenvalue weighted by Crippen LogP contribution is -2.02. The van der Waals surface area contributed by atoms with Gasteiger partial charge >= 0.3 is 0 Å². The molecule has 100 valence electrons. The molecule has 1 atom stereocenters. The summed E-state index contributed by atoms with van der Waals surface area (Å²) < 4.78 is 14.4. The van der Waals surface area contributed by atoms with Crippen LogP contribution in [0.3, 0.4) is 0 Å². The van der Waals surface area contributed by atoms with Gasteiger partial charge in [-0.3, -0.25) is 0 Å². The first-order chi connectivity index (χ1) is 8.90. The maximum atomic E-state index is 13.6. The summed E-state index contributed by atoms with van der Waals surface area (Å²) in [4.78, 5) is 0. The van der Waals surface area contributed by atoms with Gasteiger partial charge in [0.2, 0.25) is 0 Å². The normalized spacial score (nSPS) is 12.5. The van der Waals surface area contributed by atoms with Crippen LogP contribution in [-0.2, 0) is 0 Å². The number of aliphatic hydroxyl groups excluding tert-OH is 1. The van der Waals surface area contributed by atoms with Crippen LogP contribution in [0.2, 0.25) is 5.02 Å². The minimum Gasteiger partial charge on any atom is -0.384 e. The van der Waals surface area contributed by atoms with Crippen LogP contribution in [0.5, 0.6) is 0 Å². The van der Waals surface area contributed by atoms with Gasteiger partial charge in [0.25, 0.3) is 0 Å². The van der Waals surface area contributed by atoms with Crippen molar-refractivity contribution in [3.8, 4) is 0 Å². The molecular formula is C15H13BrClFO. The fourth-order valence-electron chi connectivity index (χ4n) is 2.01. The predicted octanol–water partition coefficient (Wildman–Crippen LogP) is 4.94. The molecule has 2 aromatic rings. The Morgan fingerprint density at radius 2 is 1.68 bits per heavy atom. The van der Waals surface area contributed by atoms with E-state index in [4.69, 9.17) is 11.6 Å². The summed E-state index contributed by atoms with van der Waals surface area (Å²) in [5, 5.41) is 10.9. The zero-order valence-electron chi connectivity index (χ0n) is 10.5. The van der Waals surface area contributed by atoms with Crippen LogP contribution in [-0.4, -0.2) is 5.11 Å². The molecule has 0 saturated heterocycles. The van der Waals surface area contributed by atoms with E-state index in [-0.39, 0.29) is 5.82 Å². The van der Waals surface area contributed by atoms with Crippen molar-refractivity contribution in [2.75, 3.05) is 0 Å². The topological polar surface area (TPSA) is 20.2 Å². The number of hydrogen-bond acceptors (Lipinski definition) is 1. The Hall–Kier alpha value is -0.900. The standard InChI is InChI=1S/C15H13BrClFO/c1-8-5-11(6-9(2)14(8)18)15(19)10-3-4-12(16)13(17)7-10/h3-7,15,19H,1-2H3. The van der Waals surface area contributed by atoms with Crippen molar-refractivity contribution in [2.45, 2.75) is 20.0 Å². The Bertz CT molecular complexity index is 605. The minimum atomic E-state index is -0.816. The van der Waals surface area contributed by atoms with E-state index in [1.54, 1.807) is 44.2 Å². The fraction of sp³-hybridized carbons (Fsp3) is 0.200. The van der Waals surface area contributed by atoms with Crippen LogP contribution in [0.25, 0.3) is 0 Å². The Morgan fingerprint density at radius 3 is 2.21 bits per heavy atom. The van der Waals surface area contributed by atoms with E-state index in [9.17, 15) is 9.50 Å². The van der Waals surface area contributed by atoms with E-state index >= 15 is 0 Å². The highest BCUT2D eigenvalue weighted by atomic mass is 79.9. The molecule has 0 bridgehead atoms. The van der Waals surface area contributed by atoms with E-state index in [0.717, 1.165) is 4.47 Å². The number of halogens is 3. The van der Waals surface area contributed by atoms with Crippen LogP contribution < -0.4 is 0 Å². The molecule has 2 aromatic carbocycles. The largest absolute Gasteiger partial charge is 0.384 e. The summed E-state index contributed by atoms with van der Waals surface area (Å²) in [7, 11) is 0. The number of aryl methyl sites for hydroxylation is 2. The molecule has 0 fully saturated rings. The van der Waals surface area contributed by atoms with Gasteiger partial charge in [-0.2, -0.15) is 0 Å². The monoisotopic (exact) mass is 342 g/mol. The molecule has 0 aliphatic heterocycles. The van der Waals surface area contributed by atoms with Gasteiger partial charge in [-0.05, 0) is 64.2 Å². The van der Waals surface area contributed by atoms with Crippen LogP contribution in [0.4, 0.5) is 4.39 Å². The second-order valence-electron chi connectivity index (χ2n) is 4.54. The number of rotatable bonds is 2. The van der Waals surface area contributed by atoms with Crippen molar-refractivity contribution in [3.63, 3.8) is 0 Å². The van der Waals surface area contributed by atoms with Crippen LogP contribution in [0.15, 0.2) is 34.8 Å². The lowest BCUT2D eigenvalue weighted by Gasteiger charge is -2.14. The molecule has 0 heterocycles. The van der Waals surface area contributed by atoms with Gasteiger partial charge in [0, 0.05) is 4.47 Å². The van der Waals surface area contributed by atoms with E-state index in [0.29, 0.717) is 27.3 Å². The number of benzene rings is 2. The number of hydrogen-bond donors (Lipinski definition) is 1. The van der Waals surface area contributed by atoms with Crippen LogP contribution >= 0.6 is 27.5 Å².